The molecule has 0 aliphatic carbocycles. The average Bonchev–Trinajstić information content (AvgIpc) is 2.54. The molecular formula is C8H13N3O3S. The number of sulfone groups is 1. The van der Waals surface area contributed by atoms with E-state index >= 15 is 0 Å². The highest BCUT2D eigenvalue weighted by molar-refractivity contribution is 7.91. The van der Waals surface area contributed by atoms with Crippen LogP contribution in [0.3, 0.4) is 0 Å². The van der Waals surface area contributed by atoms with E-state index in [0.29, 0.717) is 13.0 Å². The van der Waals surface area contributed by atoms with Crippen molar-refractivity contribution in [2.45, 2.75) is 18.9 Å². The maximum absolute atomic E-state index is 11.5. The summed E-state index contributed by atoms with van der Waals surface area (Å²) in [6, 6.07) is -0.361. The van der Waals surface area contributed by atoms with Crippen molar-refractivity contribution in [3.8, 4) is 0 Å². The van der Waals surface area contributed by atoms with Crippen LogP contribution in [0.1, 0.15) is 13.3 Å². The van der Waals surface area contributed by atoms with Crippen LogP contribution in [0.4, 0.5) is 4.79 Å². The first-order chi connectivity index (χ1) is 6.91. The maximum atomic E-state index is 11.5. The normalized spacial score (nSPS) is 33.8. The molecule has 2 heterocycles. The zero-order valence-corrected chi connectivity index (χ0v) is 9.23. The van der Waals surface area contributed by atoms with Gasteiger partial charge in [-0.2, -0.15) is 0 Å². The molecule has 2 N–H and O–H groups in total. The molecule has 84 valence electrons. The van der Waals surface area contributed by atoms with Crippen LogP contribution < -0.4 is 5.32 Å². The summed E-state index contributed by atoms with van der Waals surface area (Å²) in [7, 11) is -3.11. The van der Waals surface area contributed by atoms with Crippen LogP contribution in [0.15, 0.2) is 0 Å². The molecule has 2 fully saturated rings. The number of urea groups is 1. The fourth-order valence-corrected chi connectivity index (χ4v) is 4.27. The number of rotatable bonds is 1. The predicted molar refractivity (Wildman–Crippen MR) is 54.6 cm³/mol. The first kappa shape index (κ1) is 10.4. The molecule has 6 nitrogen and oxygen atoms in total. The molecule has 0 bridgehead atoms. The summed E-state index contributed by atoms with van der Waals surface area (Å²) >= 11 is 0. The monoisotopic (exact) mass is 231 g/mol. The first-order valence-corrected chi connectivity index (χ1v) is 6.61. The number of carbonyl (C=O) groups is 1. The lowest BCUT2D eigenvalue weighted by molar-refractivity contribution is 0.186. The summed E-state index contributed by atoms with van der Waals surface area (Å²) in [5.41, 5.74) is -0.912. The zero-order chi connectivity index (χ0) is 11.3. The number of hydrogen-bond donors (Lipinski definition) is 2. The third-order valence-corrected chi connectivity index (χ3v) is 4.80. The third kappa shape index (κ3) is 1.33. The summed E-state index contributed by atoms with van der Waals surface area (Å²) in [4.78, 5) is 12.9. The molecule has 2 amide bonds. The Labute approximate surface area is 88.1 Å². The number of nitrogens with one attached hydrogen (secondary N) is 2. The molecule has 2 rings (SSSR count). The Balaban J connectivity index is 2.43. The van der Waals surface area contributed by atoms with Gasteiger partial charge in [-0.15, -0.1) is 0 Å². The Hall–Kier alpha value is -1.11. The third-order valence-electron chi connectivity index (χ3n) is 3.06. The second-order valence-corrected chi connectivity index (χ2v) is 6.11. The van der Waals surface area contributed by atoms with E-state index in [9.17, 15) is 13.2 Å². The largest absolute Gasteiger partial charge is 0.323 e. The first-order valence-electron chi connectivity index (χ1n) is 4.79. The molecule has 1 atom stereocenters. The highest BCUT2D eigenvalue weighted by atomic mass is 32.2. The van der Waals surface area contributed by atoms with Crippen LogP contribution in [-0.4, -0.2) is 48.8 Å². The summed E-state index contributed by atoms with van der Waals surface area (Å²) in [5, 5.41) is 10.1. The van der Waals surface area contributed by atoms with Crippen LogP contribution >= 0.6 is 0 Å². The zero-order valence-electron chi connectivity index (χ0n) is 8.41. The minimum Gasteiger partial charge on any atom is -0.311 e. The Kier molecular flexibility index (Phi) is 2.04. The summed E-state index contributed by atoms with van der Waals surface area (Å²) < 4.78 is 22.9. The lowest BCUT2D eigenvalue weighted by Crippen LogP contribution is -2.50. The second-order valence-electron chi connectivity index (χ2n) is 3.92. The predicted octanol–water partition coefficient (Wildman–Crippen LogP) is -0.434. The lowest BCUT2D eigenvalue weighted by atomic mass is 9.97. The van der Waals surface area contributed by atoms with Crippen molar-refractivity contribution in [1.82, 2.24) is 10.2 Å². The molecule has 0 aromatic rings. The minimum absolute atomic E-state index is 0.0235. The van der Waals surface area contributed by atoms with Crippen LogP contribution in [0.25, 0.3) is 0 Å². The summed E-state index contributed by atoms with van der Waals surface area (Å²) in [6.45, 7) is 2.20. The van der Waals surface area contributed by atoms with Gasteiger partial charge >= 0.3 is 6.03 Å². The van der Waals surface area contributed by atoms with Gasteiger partial charge in [-0.05, 0) is 13.3 Å². The highest BCUT2D eigenvalue weighted by Gasteiger charge is 2.55. The van der Waals surface area contributed by atoms with Gasteiger partial charge in [-0.25, -0.2) is 13.2 Å². The molecule has 1 spiro atoms. The number of likely N-dealkylation sites (N-methyl/N-ethyl adjacent to an activating group) is 1. The molecule has 0 aromatic heterocycles. The maximum Gasteiger partial charge on any atom is 0.323 e. The topological polar surface area (TPSA) is 90.3 Å². The van der Waals surface area contributed by atoms with Crippen molar-refractivity contribution in [3.63, 3.8) is 0 Å². The van der Waals surface area contributed by atoms with Crippen molar-refractivity contribution < 1.29 is 13.2 Å². The molecule has 2 aliphatic rings. The Morgan fingerprint density at radius 3 is 2.73 bits per heavy atom. The van der Waals surface area contributed by atoms with Gasteiger partial charge < -0.3 is 4.90 Å². The number of amidine groups is 1. The van der Waals surface area contributed by atoms with Gasteiger partial charge in [-0.1, -0.05) is 0 Å². The van der Waals surface area contributed by atoms with E-state index < -0.39 is 15.4 Å². The van der Waals surface area contributed by atoms with Gasteiger partial charge in [0.25, 0.3) is 0 Å². The molecule has 15 heavy (non-hydrogen) atoms. The van der Waals surface area contributed by atoms with Crippen LogP contribution in [-0.2, 0) is 9.84 Å². The van der Waals surface area contributed by atoms with Crippen molar-refractivity contribution in [3.05, 3.63) is 0 Å². The van der Waals surface area contributed by atoms with Crippen LogP contribution in [0, 0.1) is 5.41 Å². The molecule has 7 heteroatoms. The number of amides is 2. The summed E-state index contributed by atoms with van der Waals surface area (Å²) in [6.07, 6.45) is 0.334. The fourth-order valence-electron chi connectivity index (χ4n) is 2.31. The van der Waals surface area contributed by atoms with Crippen LogP contribution in [0.5, 0.6) is 0 Å². The molecule has 0 radical (unpaired) electrons. The lowest BCUT2D eigenvalue weighted by Gasteiger charge is -2.30. The minimum atomic E-state index is -3.11. The van der Waals surface area contributed by atoms with Crippen molar-refractivity contribution >= 4 is 21.7 Å². The molecule has 2 saturated heterocycles. The van der Waals surface area contributed by atoms with Gasteiger partial charge in [0.2, 0.25) is 0 Å². The number of nitrogens with zero attached hydrogens (tertiary/aromatic N) is 1. The average molecular weight is 231 g/mol. The Morgan fingerprint density at radius 1 is 1.60 bits per heavy atom. The number of carbonyl (C=O) groups excluding carboxylic acids is 1. The standard InChI is InChI=1S/C8H13N3O3S/c1-2-11-7(12)10-6(9)8(11)3-4-15(13,14)5-8/h2-5H2,1H3,(H2,9,10,12). The van der Waals surface area contributed by atoms with Crippen molar-refractivity contribution in [2.75, 3.05) is 18.1 Å². The molecular weight excluding hydrogens is 218 g/mol. The SMILES string of the molecule is CCN1C(=O)NC(=N)C12CCS(=O)(=O)C2. The Morgan fingerprint density at radius 2 is 2.27 bits per heavy atom. The van der Waals surface area contributed by atoms with E-state index in [-0.39, 0.29) is 23.4 Å². The van der Waals surface area contributed by atoms with Gasteiger partial charge in [0.05, 0.1) is 11.5 Å². The van der Waals surface area contributed by atoms with Gasteiger partial charge in [-0.3, -0.25) is 10.7 Å². The van der Waals surface area contributed by atoms with E-state index in [1.54, 1.807) is 6.92 Å². The van der Waals surface area contributed by atoms with Crippen molar-refractivity contribution in [1.29, 1.82) is 5.41 Å². The number of hydrogen-bond acceptors (Lipinski definition) is 4. The van der Waals surface area contributed by atoms with E-state index in [4.69, 9.17) is 5.41 Å². The van der Waals surface area contributed by atoms with E-state index in [2.05, 4.69) is 5.32 Å². The molecule has 0 saturated carbocycles. The summed E-state index contributed by atoms with van der Waals surface area (Å²) in [5.74, 6) is -0.0397. The smallest absolute Gasteiger partial charge is 0.311 e. The van der Waals surface area contributed by atoms with Gasteiger partial charge in [0, 0.05) is 6.54 Å². The fraction of sp³-hybridized carbons (Fsp3) is 0.750. The molecule has 1 unspecified atom stereocenters. The van der Waals surface area contributed by atoms with Crippen molar-refractivity contribution in [2.24, 2.45) is 0 Å². The molecule has 2 aliphatic heterocycles. The van der Waals surface area contributed by atoms with Crippen LogP contribution in [0.2, 0.25) is 0 Å². The van der Waals surface area contributed by atoms with E-state index in [1.165, 1.54) is 4.90 Å². The van der Waals surface area contributed by atoms with Gasteiger partial charge in [0.1, 0.15) is 11.4 Å². The van der Waals surface area contributed by atoms with Gasteiger partial charge in [0.15, 0.2) is 9.84 Å². The quantitative estimate of drug-likeness (QED) is 0.641. The van der Waals surface area contributed by atoms with E-state index in [1.807, 2.05) is 0 Å². The Bertz CT molecular complexity index is 430. The highest BCUT2D eigenvalue weighted by Crippen LogP contribution is 2.33. The molecule has 0 aromatic carbocycles. The van der Waals surface area contributed by atoms with E-state index in [0.717, 1.165) is 0 Å². The second kappa shape index (κ2) is 2.94.